The highest BCUT2D eigenvalue weighted by atomic mass is 79.9. The first kappa shape index (κ1) is 22.7. The van der Waals surface area contributed by atoms with E-state index in [1.165, 1.54) is 11.1 Å². The van der Waals surface area contributed by atoms with Crippen LogP contribution in [-0.4, -0.2) is 17.2 Å². The quantitative estimate of drug-likeness (QED) is 0.133. The van der Waals surface area contributed by atoms with Gasteiger partial charge in [0.2, 0.25) is 5.89 Å². The molecule has 0 fully saturated rings. The molecule has 4 aromatic carbocycles. The summed E-state index contributed by atoms with van der Waals surface area (Å²) in [6.45, 7) is 4.12. The van der Waals surface area contributed by atoms with Crippen molar-refractivity contribution in [2.75, 3.05) is 0 Å². The van der Waals surface area contributed by atoms with Crippen LogP contribution in [0.1, 0.15) is 27.0 Å². The average Bonchev–Trinajstić information content (AvgIpc) is 3.27. The van der Waals surface area contributed by atoms with E-state index in [1.54, 1.807) is 36.5 Å². The molecule has 1 aromatic heterocycles. The lowest BCUT2D eigenvalue weighted by Gasteiger charge is -2.05. The van der Waals surface area contributed by atoms with E-state index in [4.69, 9.17) is 9.15 Å². The maximum Gasteiger partial charge on any atom is 0.343 e. The van der Waals surface area contributed by atoms with Crippen LogP contribution in [0.4, 0.5) is 5.69 Å². The molecule has 0 aliphatic heterocycles. The van der Waals surface area contributed by atoms with E-state index >= 15 is 0 Å². The molecule has 5 aromatic rings. The summed E-state index contributed by atoms with van der Waals surface area (Å²) in [6.07, 6.45) is 1.76. The molecule has 5 rings (SSSR count). The monoisotopic (exact) mass is 524 g/mol. The number of oxazole rings is 1. The van der Waals surface area contributed by atoms with E-state index in [0.29, 0.717) is 17.2 Å². The number of hydrogen-bond acceptors (Lipinski definition) is 5. The fourth-order valence-corrected chi connectivity index (χ4v) is 4.17. The van der Waals surface area contributed by atoms with Gasteiger partial charge in [-0.05, 0) is 92.2 Å². The number of fused-ring (bicyclic) bond motifs is 1. The standard InChI is InChI=1S/C29H21BrN2O3/c1-18-12-19(2)14-22(13-18)28-32-26-16-24(8-11-27(26)35-28)31-17-20-6-9-25(10-7-20)34-29(33)21-4-3-5-23(30)15-21/h3-17H,1-2H3. The van der Waals surface area contributed by atoms with Gasteiger partial charge < -0.3 is 9.15 Å². The summed E-state index contributed by atoms with van der Waals surface area (Å²) in [5, 5.41) is 0. The summed E-state index contributed by atoms with van der Waals surface area (Å²) < 4.78 is 12.2. The second-order valence-corrected chi connectivity index (χ2v) is 9.19. The smallest absolute Gasteiger partial charge is 0.343 e. The molecule has 0 bridgehead atoms. The van der Waals surface area contributed by atoms with Crippen molar-refractivity contribution in [1.29, 1.82) is 0 Å². The number of hydrogen-bond donors (Lipinski definition) is 0. The predicted octanol–water partition coefficient (Wildman–Crippen LogP) is 7.84. The van der Waals surface area contributed by atoms with Crippen LogP contribution in [0.15, 0.2) is 98.8 Å². The minimum atomic E-state index is -0.408. The molecule has 0 atom stereocenters. The lowest BCUT2D eigenvalue weighted by atomic mass is 10.1. The molecule has 1 heterocycles. The van der Waals surface area contributed by atoms with Crippen molar-refractivity contribution in [3.8, 4) is 17.2 Å². The molecule has 0 aliphatic rings. The second-order valence-electron chi connectivity index (χ2n) is 8.27. The summed E-state index contributed by atoms with van der Waals surface area (Å²) >= 11 is 3.36. The Labute approximate surface area is 211 Å². The zero-order chi connectivity index (χ0) is 24.4. The Hall–Kier alpha value is -4.03. The Balaban J connectivity index is 1.29. The molecule has 0 N–H and O–H groups in total. The van der Waals surface area contributed by atoms with Gasteiger partial charge in [0.1, 0.15) is 11.3 Å². The van der Waals surface area contributed by atoms with Crippen LogP contribution in [0, 0.1) is 13.8 Å². The fourth-order valence-electron chi connectivity index (χ4n) is 3.77. The molecule has 0 aliphatic carbocycles. The summed E-state index contributed by atoms with van der Waals surface area (Å²) in [6, 6.07) is 26.2. The topological polar surface area (TPSA) is 64.7 Å². The molecule has 0 radical (unpaired) electrons. The molecule has 0 saturated heterocycles. The average molecular weight is 525 g/mol. The number of esters is 1. The molecule has 0 spiro atoms. The summed E-state index contributed by atoms with van der Waals surface area (Å²) in [5.74, 6) is 0.657. The van der Waals surface area contributed by atoms with Gasteiger partial charge in [-0.1, -0.05) is 39.2 Å². The number of aryl methyl sites for hydroxylation is 2. The second kappa shape index (κ2) is 9.68. The van der Waals surface area contributed by atoms with Crippen LogP contribution >= 0.6 is 15.9 Å². The summed E-state index contributed by atoms with van der Waals surface area (Å²) in [4.78, 5) is 21.5. The van der Waals surface area contributed by atoms with Gasteiger partial charge in [-0.15, -0.1) is 0 Å². The molecule has 6 heteroatoms. The van der Waals surface area contributed by atoms with Crippen molar-refractivity contribution in [2.45, 2.75) is 13.8 Å². The first-order valence-corrected chi connectivity index (χ1v) is 11.8. The highest BCUT2D eigenvalue weighted by Gasteiger charge is 2.10. The van der Waals surface area contributed by atoms with E-state index in [1.807, 2.05) is 36.4 Å². The third kappa shape index (κ3) is 5.39. The van der Waals surface area contributed by atoms with E-state index in [2.05, 4.69) is 58.0 Å². The van der Waals surface area contributed by atoms with Crippen molar-refractivity contribution >= 4 is 44.9 Å². The molecular weight excluding hydrogens is 504 g/mol. The maximum atomic E-state index is 12.3. The van der Waals surface area contributed by atoms with Crippen LogP contribution in [-0.2, 0) is 0 Å². The van der Waals surface area contributed by atoms with Crippen LogP contribution in [0.5, 0.6) is 5.75 Å². The van der Waals surface area contributed by atoms with Crippen LogP contribution in [0.25, 0.3) is 22.6 Å². The van der Waals surface area contributed by atoms with Crippen LogP contribution in [0.2, 0.25) is 0 Å². The van der Waals surface area contributed by atoms with Gasteiger partial charge in [-0.2, -0.15) is 0 Å². The molecule has 0 amide bonds. The molecule has 5 nitrogen and oxygen atoms in total. The number of nitrogens with zero attached hydrogens (tertiary/aromatic N) is 2. The minimum absolute atomic E-state index is 0.408. The van der Waals surface area contributed by atoms with Gasteiger partial charge in [0.15, 0.2) is 5.58 Å². The predicted molar refractivity (Wildman–Crippen MR) is 142 cm³/mol. The number of halogens is 1. The molecule has 35 heavy (non-hydrogen) atoms. The van der Waals surface area contributed by atoms with Gasteiger partial charge in [0.25, 0.3) is 0 Å². The summed E-state index contributed by atoms with van der Waals surface area (Å²) in [7, 11) is 0. The molecular formula is C29H21BrN2O3. The van der Waals surface area contributed by atoms with Gasteiger partial charge >= 0.3 is 5.97 Å². The van der Waals surface area contributed by atoms with Gasteiger partial charge in [-0.25, -0.2) is 9.78 Å². The Kier molecular flexibility index (Phi) is 6.29. The number of aromatic nitrogens is 1. The van der Waals surface area contributed by atoms with Crippen molar-refractivity contribution in [2.24, 2.45) is 4.99 Å². The first-order valence-electron chi connectivity index (χ1n) is 11.0. The SMILES string of the molecule is Cc1cc(C)cc(-c2nc3cc(N=Cc4ccc(OC(=O)c5cccc(Br)c5)cc4)ccc3o2)c1. The van der Waals surface area contributed by atoms with Gasteiger partial charge in [0, 0.05) is 16.3 Å². The minimum Gasteiger partial charge on any atom is -0.436 e. The van der Waals surface area contributed by atoms with Crippen molar-refractivity contribution in [3.05, 3.63) is 112 Å². The largest absolute Gasteiger partial charge is 0.436 e. The van der Waals surface area contributed by atoms with Crippen LogP contribution in [0.3, 0.4) is 0 Å². The third-order valence-corrected chi connectivity index (χ3v) is 5.85. The number of benzene rings is 4. The molecule has 0 unspecified atom stereocenters. The highest BCUT2D eigenvalue weighted by molar-refractivity contribution is 9.10. The van der Waals surface area contributed by atoms with E-state index in [0.717, 1.165) is 32.4 Å². The first-order chi connectivity index (χ1) is 16.9. The van der Waals surface area contributed by atoms with Crippen molar-refractivity contribution in [1.82, 2.24) is 4.98 Å². The van der Waals surface area contributed by atoms with Crippen molar-refractivity contribution < 1.29 is 13.9 Å². The maximum absolute atomic E-state index is 12.3. The number of carbonyl (C=O) groups is 1. The Morgan fingerprint density at radius 1 is 0.943 bits per heavy atom. The number of rotatable bonds is 5. The van der Waals surface area contributed by atoms with Crippen LogP contribution < -0.4 is 4.74 Å². The van der Waals surface area contributed by atoms with Gasteiger partial charge in [0.05, 0.1) is 11.3 Å². The fraction of sp³-hybridized carbons (Fsp3) is 0.0690. The number of carbonyl (C=O) groups excluding carboxylic acids is 1. The number of aliphatic imine (C=N–C) groups is 1. The highest BCUT2D eigenvalue weighted by Crippen LogP contribution is 2.28. The Morgan fingerprint density at radius 3 is 2.46 bits per heavy atom. The van der Waals surface area contributed by atoms with Crippen molar-refractivity contribution in [3.63, 3.8) is 0 Å². The zero-order valence-corrected chi connectivity index (χ0v) is 20.7. The zero-order valence-electron chi connectivity index (χ0n) is 19.2. The lowest BCUT2D eigenvalue weighted by molar-refractivity contribution is 0.0734. The normalized spacial score (nSPS) is 11.3. The Bertz CT molecular complexity index is 1550. The molecule has 172 valence electrons. The lowest BCUT2D eigenvalue weighted by Crippen LogP contribution is -2.08. The van der Waals surface area contributed by atoms with E-state index in [9.17, 15) is 4.79 Å². The number of ether oxygens (including phenoxy) is 1. The third-order valence-electron chi connectivity index (χ3n) is 5.35. The van der Waals surface area contributed by atoms with E-state index < -0.39 is 5.97 Å². The van der Waals surface area contributed by atoms with E-state index in [-0.39, 0.29) is 0 Å². The molecule has 0 saturated carbocycles. The van der Waals surface area contributed by atoms with Gasteiger partial charge in [-0.3, -0.25) is 4.99 Å². The summed E-state index contributed by atoms with van der Waals surface area (Å²) in [5.41, 5.74) is 6.89. The Morgan fingerprint density at radius 2 is 1.71 bits per heavy atom.